The molecular weight excluding hydrogens is 238 g/mol. The van der Waals surface area contributed by atoms with Gasteiger partial charge in [0.25, 0.3) is 0 Å². The fourth-order valence-corrected chi connectivity index (χ4v) is 2.86. The molecule has 1 saturated heterocycles. The lowest BCUT2D eigenvalue weighted by Crippen LogP contribution is -2.53. The molecule has 1 aliphatic heterocycles. The van der Waals surface area contributed by atoms with Gasteiger partial charge in [0, 0.05) is 32.2 Å². The largest absolute Gasteiger partial charge is 0.339 e. The zero-order valence-electron chi connectivity index (χ0n) is 13.0. The van der Waals surface area contributed by atoms with E-state index in [-0.39, 0.29) is 5.91 Å². The molecule has 1 N–H and O–H groups in total. The molecule has 0 spiro atoms. The maximum Gasteiger partial charge on any atom is 0.236 e. The van der Waals surface area contributed by atoms with Crippen molar-refractivity contribution in [2.24, 2.45) is 0 Å². The molecule has 0 radical (unpaired) electrons. The van der Waals surface area contributed by atoms with Crippen molar-refractivity contribution in [3.63, 3.8) is 0 Å². The van der Waals surface area contributed by atoms with Crippen LogP contribution in [0.15, 0.2) is 0 Å². The molecule has 0 aromatic carbocycles. The average molecular weight is 269 g/mol. The summed E-state index contributed by atoms with van der Waals surface area (Å²) in [4.78, 5) is 16.5. The predicted molar refractivity (Wildman–Crippen MR) is 80.3 cm³/mol. The molecule has 112 valence electrons. The first-order valence-electron chi connectivity index (χ1n) is 7.95. The lowest BCUT2D eigenvalue weighted by molar-refractivity contribution is -0.132. The first-order chi connectivity index (χ1) is 9.22. The highest BCUT2D eigenvalue weighted by atomic mass is 16.2. The van der Waals surface area contributed by atoms with E-state index in [2.05, 4.69) is 24.1 Å². The minimum Gasteiger partial charge on any atom is -0.339 e. The first-order valence-corrected chi connectivity index (χ1v) is 7.95. The van der Waals surface area contributed by atoms with E-state index in [9.17, 15) is 4.79 Å². The molecule has 1 rings (SSSR count). The van der Waals surface area contributed by atoms with E-state index in [0.717, 1.165) is 38.8 Å². The number of nitrogens with zero attached hydrogens (tertiary/aromatic N) is 2. The monoisotopic (exact) mass is 269 g/mol. The third-order valence-corrected chi connectivity index (χ3v) is 3.95. The quantitative estimate of drug-likeness (QED) is 0.728. The Morgan fingerprint density at radius 3 is 2.11 bits per heavy atom. The van der Waals surface area contributed by atoms with Crippen molar-refractivity contribution >= 4 is 5.91 Å². The van der Waals surface area contributed by atoms with Crippen LogP contribution in [-0.2, 0) is 4.79 Å². The number of likely N-dealkylation sites (N-methyl/N-ethyl adjacent to an activating group) is 1. The molecule has 4 heteroatoms. The topological polar surface area (TPSA) is 35.6 Å². The second-order valence-electron chi connectivity index (χ2n) is 5.43. The number of carbonyl (C=O) groups is 1. The van der Waals surface area contributed by atoms with E-state index in [0.29, 0.717) is 6.54 Å². The van der Waals surface area contributed by atoms with Crippen LogP contribution in [0.2, 0.25) is 0 Å². The van der Waals surface area contributed by atoms with Crippen molar-refractivity contribution in [1.82, 2.24) is 15.1 Å². The lowest BCUT2D eigenvalue weighted by Gasteiger charge is -2.39. The van der Waals surface area contributed by atoms with Crippen molar-refractivity contribution in [2.45, 2.75) is 52.5 Å². The number of amides is 1. The molecular formula is C15H31N3O. The molecule has 0 saturated carbocycles. The molecule has 0 atom stereocenters. The van der Waals surface area contributed by atoms with Crippen LogP contribution in [0.4, 0.5) is 0 Å². The second-order valence-corrected chi connectivity index (χ2v) is 5.43. The van der Waals surface area contributed by atoms with Gasteiger partial charge in [0.15, 0.2) is 0 Å². The summed E-state index contributed by atoms with van der Waals surface area (Å²) in [5.74, 6) is 0.254. The summed E-state index contributed by atoms with van der Waals surface area (Å²) in [6.45, 7) is 11.8. The van der Waals surface area contributed by atoms with Gasteiger partial charge in [0.2, 0.25) is 5.91 Å². The van der Waals surface area contributed by atoms with Gasteiger partial charge in [0.05, 0.1) is 6.54 Å². The molecule has 1 fully saturated rings. The predicted octanol–water partition coefficient (Wildman–Crippen LogP) is 1.71. The summed E-state index contributed by atoms with van der Waals surface area (Å²) in [5.41, 5.74) is 0. The van der Waals surface area contributed by atoms with Gasteiger partial charge in [-0.25, -0.2) is 0 Å². The first kappa shape index (κ1) is 16.4. The molecule has 1 amide bonds. The zero-order chi connectivity index (χ0) is 14.1. The Morgan fingerprint density at radius 1 is 1.05 bits per heavy atom. The maximum atomic E-state index is 11.9. The minimum atomic E-state index is 0.254. The zero-order valence-corrected chi connectivity index (χ0v) is 13.0. The summed E-state index contributed by atoms with van der Waals surface area (Å²) in [6.07, 6.45) is 5.09. The van der Waals surface area contributed by atoms with Gasteiger partial charge in [-0.05, 0) is 19.4 Å². The summed E-state index contributed by atoms with van der Waals surface area (Å²) >= 11 is 0. The Labute approximate surface area is 118 Å². The molecule has 0 bridgehead atoms. The summed E-state index contributed by atoms with van der Waals surface area (Å²) in [5, 5.41) is 3.12. The van der Waals surface area contributed by atoms with E-state index in [4.69, 9.17) is 0 Å². The summed E-state index contributed by atoms with van der Waals surface area (Å²) in [6, 6.07) is 0.723. The number of hydrogen-bond donors (Lipinski definition) is 1. The van der Waals surface area contributed by atoms with Gasteiger partial charge < -0.3 is 10.2 Å². The van der Waals surface area contributed by atoms with Crippen molar-refractivity contribution in [3.8, 4) is 0 Å². The SMILES string of the molecule is CCCC(CCC)N1CCN(C(=O)CNCC)CC1. The lowest BCUT2D eigenvalue weighted by atomic mass is 10.0. The summed E-state index contributed by atoms with van der Waals surface area (Å²) in [7, 11) is 0. The molecule has 0 unspecified atom stereocenters. The number of rotatable bonds is 8. The molecule has 0 aromatic rings. The highest BCUT2D eigenvalue weighted by Gasteiger charge is 2.24. The van der Waals surface area contributed by atoms with Gasteiger partial charge in [-0.15, -0.1) is 0 Å². The van der Waals surface area contributed by atoms with Crippen molar-refractivity contribution in [2.75, 3.05) is 39.3 Å². The van der Waals surface area contributed by atoms with Crippen molar-refractivity contribution in [3.05, 3.63) is 0 Å². The van der Waals surface area contributed by atoms with Crippen LogP contribution >= 0.6 is 0 Å². The number of hydrogen-bond acceptors (Lipinski definition) is 3. The van der Waals surface area contributed by atoms with E-state index >= 15 is 0 Å². The molecule has 0 aliphatic carbocycles. The van der Waals surface area contributed by atoms with Crippen LogP contribution in [0.3, 0.4) is 0 Å². The average Bonchev–Trinajstić information content (AvgIpc) is 2.44. The van der Waals surface area contributed by atoms with E-state index in [1.807, 2.05) is 11.8 Å². The Balaban J connectivity index is 2.36. The van der Waals surface area contributed by atoms with Gasteiger partial charge in [-0.3, -0.25) is 9.69 Å². The molecule has 1 heterocycles. The molecule has 4 nitrogen and oxygen atoms in total. The van der Waals surface area contributed by atoms with Crippen LogP contribution in [0.1, 0.15) is 46.5 Å². The van der Waals surface area contributed by atoms with E-state index < -0.39 is 0 Å². The van der Waals surface area contributed by atoms with E-state index in [1.54, 1.807) is 0 Å². The minimum absolute atomic E-state index is 0.254. The Morgan fingerprint density at radius 2 is 1.63 bits per heavy atom. The molecule has 19 heavy (non-hydrogen) atoms. The number of nitrogens with one attached hydrogen (secondary N) is 1. The number of carbonyl (C=O) groups excluding carboxylic acids is 1. The smallest absolute Gasteiger partial charge is 0.236 e. The summed E-state index contributed by atoms with van der Waals surface area (Å²) < 4.78 is 0. The van der Waals surface area contributed by atoms with Crippen LogP contribution in [-0.4, -0.2) is 61.0 Å². The van der Waals surface area contributed by atoms with Gasteiger partial charge in [-0.1, -0.05) is 33.6 Å². The van der Waals surface area contributed by atoms with Crippen molar-refractivity contribution < 1.29 is 4.79 Å². The normalized spacial score (nSPS) is 17.2. The maximum absolute atomic E-state index is 11.9. The Bertz CT molecular complexity index is 244. The molecule has 1 aliphatic rings. The van der Waals surface area contributed by atoms with Crippen LogP contribution < -0.4 is 5.32 Å². The molecule has 0 aromatic heterocycles. The third-order valence-electron chi connectivity index (χ3n) is 3.95. The highest BCUT2D eigenvalue weighted by Crippen LogP contribution is 2.15. The van der Waals surface area contributed by atoms with E-state index in [1.165, 1.54) is 25.7 Å². The van der Waals surface area contributed by atoms with Gasteiger partial charge in [-0.2, -0.15) is 0 Å². The van der Waals surface area contributed by atoms with Crippen LogP contribution in [0.5, 0.6) is 0 Å². The van der Waals surface area contributed by atoms with Gasteiger partial charge in [0.1, 0.15) is 0 Å². The van der Waals surface area contributed by atoms with Crippen molar-refractivity contribution in [1.29, 1.82) is 0 Å². The number of piperazine rings is 1. The second kappa shape index (κ2) is 9.32. The standard InChI is InChI=1S/C15H31N3O/c1-4-7-14(8-5-2)17-9-11-18(12-10-17)15(19)13-16-6-3/h14,16H,4-13H2,1-3H3. The Hall–Kier alpha value is -0.610. The van der Waals surface area contributed by atoms with Crippen LogP contribution in [0.25, 0.3) is 0 Å². The van der Waals surface area contributed by atoms with Gasteiger partial charge >= 0.3 is 0 Å². The fraction of sp³-hybridized carbons (Fsp3) is 0.933. The van der Waals surface area contributed by atoms with Crippen LogP contribution in [0, 0.1) is 0 Å². The highest BCUT2D eigenvalue weighted by molar-refractivity contribution is 5.78. The Kier molecular flexibility index (Phi) is 8.07. The third kappa shape index (κ3) is 5.49. The fourth-order valence-electron chi connectivity index (χ4n) is 2.86.